The maximum absolute atomic E-state index is 4.61. The van der Waals surface area contributed by atoms with Gasteiger partial charge in [0.1, 0.15) is 5.82 Å². The molecule has 0 radical (unpaired) electrons. The number of hydrogen-bond donors (Lipinski definition) is 1. The van der Waals surface area contributed by atoms with Crippen molar-refractivity contribution < 1.29 is 0 Å². The molecule has 3 rings (SSSR count). The number of nitrogens with zero attached hydrogens (tertiary/aromatic N) is 3. The first-order valence-electron chi connectivity index (χ1n) is 6.55. The Labute approximate surface area is 107 Å². The SMILES string of the molecule is c1ccc2nc(CCN3CCNCC3)ncc2c1. The Balaban J connectivity index is 1.66. The van der Waals surface area contributed by atoms with Crippen LogP contribution < -0.4 is 5.32 Å². The molecule has 2 aromatic rings. The number of benzene rings is 1. The molecule has 0 aliphatic carbocycles. The van der Waals surface area contributed by atoms with E-state index in [9.17, 15) is 0 Å². The first-order valence-corrected chi connectivity index (χ1v) is 6.55. The van der Waals surface area contributed by atoms with Gasteiger partial charge in [0.05, 0.1) is 5.52 Å². The summed E-state index contributed by atoms with van der Waals surface area (Å²) in [5.41, 5.74) is 1.04. The lowest BCUT2D eigenvalue weighted by Gasteiger charge is -2.26. The lowest BCUT2D eigenvalue weighted by molar-refractivity contribution is 0.242. The molecule has 1 aromatic carbocycles. The van der Waals surface area contributed by atoms with Crippen molar-refractivity contribution >= 4 is 10.9 Å². The van der Waals surface area contributed by atoms with Gasteiger partial charge in [0.2, 0.25) is 0 Å². The van der Waals surface area contributed by atoms with E-state index in [1.165, 1.54) is 0 Å². The Bertz CT molecular complexity index is 520. The number of nitrogens with one attached hydrogen (secondary N) is 1. The summed E-state index contributed by atoms with van der Waals surface area (Å²) in [5, 5.41) is 4.48. The van der Waals surface area contributed by atoms with Gasteiger partial charge in [-0.1, -0.05) is 18.2 Å². The van der Waals surface area contributed by atoms with Gasteiger partial charge in [-0.15, -0.1) is 0 Å². The monoisotopic (exact) mass is 242 g/mol. The van der Waals surface area contributed by atoms with Gasteiger partial charge >= 0.3 is 0 Å². The lowest BCUT2D eigenvalue weighted by atomic mass is 10.2. The van der Waals surface area contributed by atoms with E-state index in [1.54, 1.807) is 0 Å². The van der Waals surface area contributed by atoms with E-state index in [2.05, 4.69) is 26.3 Å². The van der Waals surface area contributed by atoms with Crippen molar-refractivity contribution in [3.8, 4) is 0 Å². The van der Waals surface area contributed by atoms with E-state index in [4.69, 9.17) is 0 Å². The molecule has 18 heavy (non-hydrogen) atoms. The summed E-state index contributed by atoms with van der Waals surface area (Å²) < 4.78 is 0. The van der Waals surface area contributed by atoms with Crippen LogP contribution in [0.25, 0.3) is 10.9 Å². The molecule has 1 aromatic heterocycles. The molecule has 0 unspecified atom stereocenters. The zero-order chi connectivity index (χ0) is 12.2. The highest BCUT2D eigenvalue weighted by Crippen LogP contribution is 2.09. The number of aromatic nitrogens is 2. The van der Waals surface area contributed by atoms with E-state index in [-0.39, 0.29) is 0 Å². The van der Waals surface area contributed by atoms with Crippen LogP contribution in [0, 0.1) is 0 Å². The molecule has 1 aliphatic heterocycles. The van der Waals surface area contributed by atoms with Crippen LogP contribution in [0.15, 0.2) is 30.5 Å². The molecule has 0 bridgehead atoms. The molecule has 4 heteroatoms. The fourth-order valence-electron chi connectivity index (χ4n) is 2.32. The third kappa shape index (κ3) is 2.66. The minimum absolute atomic E-state index is 0.935. The number of rotatable bonds is 3. The maximum atomic E-state index is 4.61. The number of hydrogen-bond acceptors (Lipinski definition) is 4. The van der Waals surface area contributed by atoms with Gasteiger partial charge in [-0.25, -0.2) is 9.97 Å². The van der Waals surface area contributed by atoms with Crippen LogP contribution in [0.3, 0.4) is 0 Å². The smallest absolute Gasteiger partial charge is 0.130 e. The van der Waals surface area contributed by atoms with Gasteiger partial charge in [0.15, 0.2) is 0 Å². The Morgan fingerprint density at radius 1 is 1.17 bits per heavy atom. The minimum atomic E-state index is 0.935. The molecule has 0 amide bonds. The second-order valence-corrected chi connectivity index (χ2v) is 4.69. The van der Waals surface area contributed by atoms with Crippen LogP contribution in [-0.4, -0.2) is 47.6 Å². The maximum Gasteiger partial charge on any atom is 0.130 e. The minimum Gasteiger partial charge on any atom is -0.314 e. The van der Waals surface area contributed by atoms with Crippen LogP contribution in [0.1, 0.15) is 5.82 Å². The third-order valence-corrected chi connectivity index (χ3v) is 3.40. The summed E-state index contributed by atoms with van der Waals surface area (Å²) in [5.74, 6) is 0.951. The van der Waals surface area contributed by atoms with Crippen molar-refractivity contribution in [3.63, 3.8) is 0 Å². The van der Waals surface area contributed by atoms with E-state index >= 15 is 0 Å². The largest absolute Gasteiger partial charge is 0.314 e. The van der Waals surface area contributed by atoms with Crippen molar-refractivity contribution in [3.05, 3.63) is 36.3 Å². The molecule has 94 valence electrons. The van der Waals surface area contributed by atoms with E-state index in [1.807, 2.05) is 24.4 Å². The zero-order valence-electron chi connectivity index (χ0n) is 10.5. The molecule has 1 saturated heterocycles. The highest BCUT2D eigenvalue weighted by Gasteiger charge is 2.09. The molecular formula is C14H18N4. The molecule has 1 aliphatic rings. The highest BCUT2D eigenvalue weighted by atomic mass is 15.2. The van der Waals surface area contributed by atoms with Gasteiger partial charge in [-0.05, 0) is 6.07 Å². The Hall–Kier alpha value is -1.52. The number of para-hydroxylation sites is 1. The van der Waals surface area contributed by atoms with Gasteiger partial charge < -0.3 is 10.2 Å². The van der Waals surface area contributed by atoms with E-state index in [0.29, 0.717) is 0 Å². The molecule has 2 heterocycles. The molecule has 0 spiro atoms. The number of piperazine rings is 1. The fraction of sp³-hybridized carbons (Fsp3) is 0.429. The van der Waals surface area contributed by atoms with Crippen molar-refractivity contribution in [2.24, 2.45) is 0 Å². The fourth-order valence-corrected chi connectivity index (χ4v) is 2.32. The molecule has 1 N–H and O–H groups in total. The van der Waals surface area contributed by atoms with Crippen LogP contribution in [0.5, 0.6) is 0 Å². The highest BCUT2D eigenvalue weighted by molar-refractivity contribution is 5.77. The van der Waals surface area contributed by atoms with Crippen LogP contribution >= 0.6 is 0 Å². The second-order valence-electron chi connectivity index (χ2n) is 4.69. The van der Waals surface area contributed by atoms with Crippen molar-refractivity contribution in [2.75, 3.05) is 32.7 Å². The van der Waals surface area contributed by atoms with Gasteiger partial charge in [-0.2, -0.15) is 0 Å². The molecule has 0 atom stereocenters. The van der Waals surface area contributed by atoms with E-state index in [0.717, 1.165) is 55.9 Å². The predicted octanol–water partition coefficient (Wildman–Crippen LogP) is 1.08. The van der Waals surface area contributed by atoms with Crippen LogP contribution in [0.2, 0.25) is 0 Å². The quantitative estimate of drug-likeness (QED) is 0.874. The molecular weight excluding hydrogens is 224 g/mol. The Morgan fingerprint density at radius 3 is 2.89 bits per heavy atom. The number of fused-ring (bicyclic) bond motifs is 1. The predicted molar refractivity (Wildman–Crippen MR) is 72.6 cm³/mol. The van der Waals surface area contributed by atoms with Crippen molar-refractivity contribution in [1.29, 1.82) is 0 Å². The first-order chi connectivity index (χ1) is 8.92. The van der Waals surface area contributed by atoms with Gasteiger partial charge in [-0.3, -0.25) is 0 Å². The van der Waals surface area contributed by atoms with Crippen LogP contribution in [-0.2, 0) is 6.42 Å². The first kappa shape index (κ1) is 11.6. The van der Waals surface area contributed by atoms with Gasteiger partial charge in [0, 0.05) is 50.7 Å². The third-order valence-electron chi connectivity index (χ3n) is 3.40. The normalized spacial score (nSPS) is 17.1. The average molecular weight is 242 g/mol. The molecule has 4 nitrogen and oxygen atoms in total. The Morgan fingerprint density at radius 2 is 2.00 bits per heavy atom. The average Bonchev–Trinajstić information content (AvgIpc) is 2.46. The summed E-state index contributed by atoms with van der Waals surface area (Å²) in [6.07, 6.45) is 2.86. The summed E-state index contributed by atoms with van der Waals surface area (Å²) >= 11 is 0. The summed E-state index contributed by atoms with van der Waals surface area (Å²) in [7, 11) is 0. The summed E-state index contributed by atoms with van der Waals surface area (Å²) in [6.45, 7) is 5.51. The van der Waals surface area contributed by atoms with Crippen molar-refractivity contribution in [1.82, 2.24) is 20.2 Å². The molecule has 0 saturated carbocycles. The second kappa shape index (κ2) is 5.42. The van der Waals surface area contributed by atoms with Gasteiger partial charge in [0.25, 0.3) is 0 Å². The van der Waals surface area contributed by atoms with E-state index < -0.39 is 0 Å². The molecule has 1 fully saturated rings. The summed E-state index contributed by atoms with van der Waals surface area (Å²) in [6, 6.07) is 8.14. The van der Waals surface area contributed by atoms with Crippen molar-refractivity contribution in [2.45, 2.75) is 6.42 Å². The topological polar surface area (TPSA) is 41.1 Å². The Kier molecular flexibility index (Phi) is 3.48. The van der Waals surface area contributed by atoms with Crippen LogP contribution in [0.4, 0.5) is 0 Å². The standard InChI is InChI=1S/C14H18N4/c1-2-4-13-12(3-1)11-16-14(17-13)5-8-18-9-6-15-7-10-18/h1-4,11,15H,5-10H2. The summed E-state index contributed by atoms with van der Waals surface area (Å²) in [4.78, 5) is 11.5. The lowest BCUT2D eigenvalue weighted by Crippen LogP contribution is -2.44. The zero-order valence-corrected chi connectivity index (χ0v) is 10.5.